The number of hydrogen-bond donors (Lipinski definition) is 3. The van der Waals surface area contributed by atoms with E-state index in [1.165, 1.54) is 0 Å². The molecule has 0 aromatic carbocycles. The van der Waals surface area contributed by atoms with Crippen LogP contribution in [-0.2, 0) is 4.79 Å². The summed E-state index contributed by atoms with van der Waals surface area (Å²) in [4.78, 5) is 25.4. The molecule has 0 spiro atoms. The molecule has 1 aliphatic heterocycles. The van der Waals surface area contributed by atoms with E-state index in [2.05, 4.69) is 10.6 Å². The van der Waals surface area contributed by atoms with Gasteiger partial charge in [-0.1, -0.05) is 19.8 Å². The second-order valence-corrected chi connectivity index (χ2v) is 6.57. The van der Waals surface area contributed by atoms with Crippen molar-refractivity contribution >= 4 is 11.9 Å². The fourth-order valence-electron chi connectivity index (χ4n) is 3.50. The number of nitrogens with one attached hydrogen (secondary N) is 2. The molecule has 2 atom stereocenters. The normalized spacial score (nSPS) is 27.9. The van der Waals surface area contributed by atoms with E-state index in [0.717, 1.165) is 32.1 Å². The third kappa shape index (κ3) is 4.35. The quantitative estimate of drug-likeness (QED) is 0.714. The van der Waals surface area contributed by atoms with E-state index in [4.69, 9.17) is 0 Å². The van der Waals surface area contributed by atoms with Gasteiger partial charge >= 0.3 is 6.03 Å². The summed E-state index contributed by atoms with van der Waals surface area (Å²) >= 11 is 0. The van der Waals surface area contributed by atoms with Crippen molar-refractivity contribution in [1.29, 1.82) is 0 Å². The molecule has 1 heterocycles. The van der Waals surface area contributed by atoms with Crippen LogP contribution in [0.3, 0.4) is 0 Å². The van der Waals surface area contributed by atoms with Crippen LogP contribution in [0.2, 0.25) is 0 Å². The van der Waals surface area contributed by atoms with Gasteiger partial charge in [-0.05, 0) is 25.7 Å². The number of rotatable bonds is 5. The summed E-state index contributed by atoms with van der Waals surface area (Å²) in [5.41, 5.74) is -0.560. The highest BCUT2D eigenvalue weighted by Gasteiger charge is 2.43. The molecule has 6 heteroatoms. The summed E-state index contributed by atoms with van der Waals surface area (Å²) in [6, 6.07) is -0.115. The van der Waals surface area contributed by atoms with Crippen molar-refractivity contribution in [2.75, 3.05) is 26.2 Å². The molecule has 126 valence electrons. The average Bonchev–Trinajstić information content (AvgIpc) is 2.51. The second-order valence-electron chi connectivity index (χ2n) is 6.57. The maximum Gasteiger partial charge on any atom is 0.317 e. The standard InChI is InChI=1S/C16H29N3O3/c1-2-9-17-14(20)6-10-18-15(21)19-11-8-16(22)7-4-3-5-13(16)12-19/h13,22H,2-12H2,1H3,(H,17,20)(H,18,21)/t13-,16+/m0/s1. The van der Waals surface area contributed by atoms with E-state index >= 15 is 0 Å². The highest BCUT2D eigenvalue weighted by molar-refractivity contribution is 5.78. The molecule has 0 unspecified atom stereocenters. The van der Waals surface area contributed by atoms with E-state index in [-0.39, 0.29) is 17.9 Å². The lowest BCUT2D eigenvalue weighted by Crippen LogP contribution is -2.56. The molecule has 2 fully saturated rings. The van der Waals surface area contributed by atoms with Crippen LogP contribution < -0.4 is 10.6 Å². The zero-order valence-corrected chi connectivity index (χ0v) is 13.6. The van der Waals surface area contributed by atoms with Crippen LogP contribution in [0.15, 0.2) is 0 Å². The largest absolute Gasteiger partial charge is 0.389 e. The molecule has 6 nitrogen and oxygen atoms in total. The number of fused-ring (bicyclic) bond motifs is 1. The molecule has 2 aliphatic rings. The Bertz CT molecular complexity index is 402. The molecular weight excluding hydrogens is 282 g/mol. The van der Waals surface area contributed by atoms with E-state index in [0.29, 0.717) is 39.0 Å². The Hall–Kier alpha value is -1.30. The summed E-state index contributed by atoms with van der Waals surface area (Å²) in [5.74, 6) is 0.177. The Morgan fingerprint density at radius 1 is 1.23 bits per heavy atom. The SMILES string of the molecule is CCCNC(=O)CCNC(=O)N1CC[C@]2(O)CCCC[C@H]2C1. The second kappa shape index (κ2) is 7.81. The number of urea groups is 1. The maximum atomic E-state index is 12.2. The van der Waals surface area contributed by atoms with E-state index in [9.17, 15) is 14.7 Å². The fourth-order valence-corrected chi connectivity index (χ4v) is 3.50. The first kappa shape index (κ1) is 17.1. The van der Waals surface area contributed by atoms with Gasteiger partial charge in [0.05, 0.1) is 5.60 Å². The molecule has 1 saturated heterocycles. The summed E-state index contributed by atoms with van der Waals surface area (Å²) in [6.45, 7) is 4.27. The van der Waals surface area contributed by atoms with Crippen LogP contribution in [0.1, 0.15) is 51.9 Å². The molecule has 1 saturated carbocycles. The van der Waals surface area contributed by atoms with E-state index in [1.54, 1.807) is 4.90 Å². The van der Waals surface area contributed by atoms with Crippen LogP contribution in [0.25, 0.3) is 0 Å². The van der Waals surface area contributed by atoms with Crippen molar-refractivity contribution in [1.82, 2.24) is 15.5 Å². The van der Waals surface area contributed by atoms with Crippen molar-refractivity contribution in [2.45, 2.75) is 57.5 Å². The number of nitrogens with zero attached hydrogens (tertiary/aromatic N) is 1. The third-order valence-corrected chi connectivity index (χ3v) is 4.92. The first-order chi connectivity index (χ1) is 10.5. The number of carbonyl (C=O) groups excluding carboxylic acids is 2. The van der Waals surface area contributed by atoms with Crippen LogP contribution in [-0.4, -0.2) is 53.7 Å². The molecule has 22 heavy (non-hydrogen) atoms. The van der Waals surface area contributed by atoms with Crippen LogP contribution in [0.5, 0.6) is 0 Å². The van der Waals surface area contributed by atoms with Crippen molar-refractivity contribution < 1.29 is 14.7 Å². The Morgan fingerprint density at radius 3 is 2.82 bits per heavy atom. The minimum atomic E-state index is -0.560. The van der Waals surface area contributed by atoms with Gasteiger partial charge in [0.15, 0.2) is 0 Å². The van der Waals surface area contributed by atoms with E-state index in [1.807, 2.05) is 6.92 Å². The Kier molecular flexibility index (Phi) is 6.06. The Balaban J connectivity index is 1.71. The molecule has 2 rings (SSSR count). The number of carbonyl (C=O) groups is 2. The lowest BCUT2D eigenvalue weighted by Gasteiger charge is -2.47. The summed E-state index contributed by atoms with van der Waals surface area (Å²) in [7, 11) is 0. The zero-order valence-electron chi connectivity index (χ0n) is 13.6. The molecule has 1 aliphatic carbocycles. The predicted molar refractivity (Wildman–Crippen MR) is 84.4 cm³/mol. The van der Waals surface area contributed by atoms with Gasteiger partial charge in [0.1, 0.15) is 0 Å². The predicted octanol–water partition coefficient (Wildman–Crippen LogP) is 1.24. The minimum absolute atomic E-state index is 0.0255. The highest BCUT2D eigenvalue weighted by Crippen LogP contribution is 2.39. The van der Waals surface area contributed by atoms with Gasteiger partial charge in [-0.15, -0.1) is 0 Å². The number of amides is 3. The lowest BCUT2D eigenvalue weighted by molar-refractivity contribution is -0.120. The fraction of sp³-hybridized carbons (Fsp3) is 0.875. The van der Waals surface area contributed by atoms with Crippen molar-refractivity contribution in [3.05, 3.63) is 0 Å². The monoisotopic (exact) mass is 311 g/mol. The number of aliphatic hydroxyl groups is 1. The van der Waals surface area contributed by atoms with E-state index < -0.39 is 5.60 Å². The van der Waals surface area contributed by atoms with Crippen molar-refractivity contribution in [3.8, 4) is 0 Å². The highest BCUT2D eigenvalue weighted by atomic mass is 16.3. The summed E-state index contributed by atoms with van der Waals surface area (Å²) in [6.07, 6.45) is 5.99. The van der Waals surface area contributed by atoms with Crippen LogP contribution >= 0.6 is 0 Å². The number of hydrogen-bond acceptors (Lipinski definition) is 3. The van der Waals surface area contributed by atoms with Crippen molar-refractivity contribution in [3.63, 3.8) is 0 Å². The molecule has 0 aromatic heterocycles. The lowest BCUT2D eigenvalue weighted by atomic mass is 9.71. The summed E-state index contributed by atoms with van der Waals surface area (Å²) < 4.78 is 0. The number of piperidine rings is 1. The maximum absolute atomic E-state index is 12.2. The molecule has 0 radical (unpaired) electrons. The minimum Gasteiger partial charge on any atom is -0.389 e. The average molecular weight is 311 g/mol. The van der Waals surface area contributed by atoms with Crippen LogP contribution in [0.4, 0.5) is 4.79 Å². The Labute approximate surface area is 132 Å². The van der Waals surface area contributed by atoms with Gasteiger partial charge < -0.3 is 20.6 Å². The van der Waals surface area contributed by atoms with Gasteiger partial charge in [0.2, 0.25) is 5.91 Å². The van der Waals surface area contributed by atoms with Gasteiger partial charge in [-0.2, -0.15) is 0 Å². The summed E-state index contributed by atoms with van der Waals surface area (Å²) in [5, 5.41) is 16.2. The van der Waals surface area contributed by atoms with Gasteiger partial charge in [0, 0.05) is 38.5 Å². The van der Waals surface area contributed by atoms with Gasteiger partial charge in [-0.3, -0.25) is 4.79 Å². The molecule has 0 bridgehead atoms. The molecular formula is C16H29N3O3. The van der Waals surface area contributed by atoms with Gasteiger partial charge in [0.25, 0.3) is 0 Å². The smallest absolute Gasteiger partial charge is 0.317 e. The zero-order chi connectivity index (χ0) is 16.0. The third-order valence-electron chi connectivity index (χ3n) is 4.92. The molecule has 3 N–H and O–H groups in total. The van der Waals surface area contributed by atoms with Gasteiger partial charge in [-0.25, -0.2) is 4.79 Å². The molecule has 0 aromatic rings. The number of likely N-dealkylation sites (tertiary alicyclic amines) is 1. The van der Waals surface area contributed by atoms with Crippen molar-refractivity contribution in [2.24, 2.45) is 5.92 Å². The first-order valence-electron chi connectivity index (χ1n) is 8.57. The molecule has 3 amide bonds. The Morgan fingerprint density at radius 2 is 2.05 bits per heavy atom. The first-order valence-corrected chi connectivity index (χ1v) is 8.57. The van der Waals surface area contributed by atoms with Crippen LogP contribution in [0, 0.1) is 5.92 Å². The topological polar surface area (TPSA) is 81.7 Å².